The van der Waals surface area contributed by atoms with Crippen LogP contribution in [0, 0.1) is 10.1 Å². The maximum Gasteiger partial charge on any atom is 0.288 e. The molecule has 1 aliphatic rings. The molecule has 0 spiro atoms. The van der Waals surface area contributed by atoms with Crippen LogP contribution in [0.3, 0.4) is 0 Å². The van der Waals surface area contributed by atoms with Crippen molar-refractivity contribution in [3.8, 4) is 11.3 Å². The summed E-state index contributed by atoms with van der Waals surface area (Å²) in [5.74, 6) is 0.466. The lowest BCUT2D eigenvalue weighted by atomic mass is 10.1. The average Bonchev–Trinajstić information content (AvgIpc) is 3.15. The molecule has 2 heterocycles. The standard InChI is InChI=1S/C17H10Cl2N2O4S2/c1-2-5-20-16(22)15(27-17(20)26)6-9-3-4-14(25-9)10-7-13(21(23)24)12(19)8-11(10)18/h2-4,6-8H,1,5H2. The van der Waals surface area contributed by atoms with E-state index in [4.69, 9.17) is 39.8 Å². The van der Waals surface area contributed by atoms with E-state index >= 15 is 0 Å². The summed E-state index contributed by atoms with van der Waals surface area (Å²) in [6.45, 7) is 3.93. The number of rotatable bonds is 5. The van der Waals surface area contributed by atoms with Gasteiger partial charge in [-0.25, -0.2) is 0 Å². The van der Waals surface area contributed by atoms with Gasteiger partial charge < -0.3 is 4.42 Å². The zero-order valence-corrected chi connectivity index (χ0v) is 16.6. The van der Waals surface area contributed by atoms with Gasteiger partial charge >= 0.3 is 0 Å². The first-order valence-electron chi connectivity index (χ1n) is 7.41. The SMILES string of the molecule is C=CCN1C(=O)C(=Cc2ccc(-c3cc([N+](=O)[O-])c(Cl)cc3Cl)o2)SC1=S. The molecule has 3 rings (SSSR count). The Morgan fingerprint density at radius 3 is 2.74 bits per heavy atom. The van der Waals surface area contributed by atoms with Crippen molar-refractivity contribution in [3.63, 3.8) is 0 Å². The Bertz CT molecular complexity index is 1020. The molecule has 0 N–H and O–H groups in total. The minimum absolute atomic E-state index is 0.0635. The summed E-state index contributed by atoms with van der Waals surface area (Å²) in [5.41, 5.74) is 0.0472. The van der Waals surface area contributed by atoms with Gasteiger partial charge in [0.2, 0.25) is 0 Å². The van der Waals surface area contributed by atoms with Crippen molar-refractivity contribution < 1.29 is 14.1 Å². The highest BCUT2D eigenvalue weighted by molar-refractivity contribution is 8.26. The summed E-state index contributed by atoms with van der Waals surface area (Å²) in [6, 6.07) is 5.78. The molecule has 0 unspecified atom stereocenters. The van der Waals surface area contributed by atoms with Crippen LogP contribution in [-0.4, -0.2) is 26.6 Å². The van der Waals surface area contributed by atoms with Gasteiger partial charge in [0, 0.05) is 24.3 Å². The minimum Gasteiger partial charge on any atom is -0.457 e. The molecule has 0 atom stereocenters. The number of amides is 1. The highest BCUT2D eigenvalue weighted by Gasteiger charge is 2.31. The second-order valence-electron chi connectivity index (χ2n) is 5.32. The summed E-state index contributed by atoms with van der Waals surface area (Å²) in [7, 11) is 0. The lowest BCUT2D eigenvalue weighted by molar-refractivity contribution is -0.384. The lowest BCUT2D eigenvalue weighted by Crippen LogP contribution is -2.27. The topological polar surface area (TPSA) is 76.6 Å². The number of thioether (sulfide) groups is 1. The van der Waals surface area contributed by atoms with Crippen molar-refractivity contribution in [2.45, 2.75) is 0 Å². The molecule has 0 radical (unpaired) electrons. The Morgan fingerprint density at radius 2 is 2.07 bits per heavy atom. The smallest absolute Gasteiger partial charge is 0.288 e. The van der Waals surface area contributed by atoms with Crippen molar-refractivity contribution in [3.05, 3.63) is 67.7 Å². The van der Waals surface area contributed by atoms with Crippen molar-refractivity contribution in [1.29, 1.82) is 0 Å². The minimum atomic E-state index is -0.600. The van der Waals surface area contributed by atoms with Gasteiger partial charge in [0.1, 0.15) is 20.9 Å². The summed E-state index contributed by atoms with van der Waals surface area (Å²) in [5, 5.41) is 11.2. The number of nitro groups is 1. The van der Waals surface area contributed by atoms with E-state index in [0.717, 1.165) is 11.8 Å². The second kappa shape index (κ2) is 7.85. The van der Waals surface area contributed by atoms with Crippen LogP contribution < -0.4 is 0 Å². The van der Waals surface area contributed by atoms with Crippen LogP contribution in [0.5, 0.6) is 0 Å². The largest absolute Gasteiger partial charge is 0.457 e. The van der Waals surface area contributed by atoms with E-state index in [1.807, 2.05) is 0 Å². The third kappa shape index (κ3) is 3.93. The molecule has 1 aromatic carbocycles. The molecule has 1 aliphatic heterocycles. The molecular weight excluding hydrogens is 431 g/mol. The predicted molar refractivity (Wildman–Crippen MR) is 111 cm³/mol. The number of hydrogen-bond donors (Lipinski definition) is 0. The van der Waals surface area contributed by atoms with Crippen molar-refractivity contribution in [1.82, 2.24) is 4.90 Å². The van der Waals surface area contributed by atoms with Gasteiger partial charge in [-0.3, -0.25) is 19.8 Å². The maximum atomic E-state index is 12.3. The van der Waals surface area contributed by atoms with Gasteiger partial charge in [-0.15, -0.1) is 6.58 Å². The predicted octanol–water partition coefficient (Wildman–Crippen LogP) is 5.55. The molecule has 27 heavy (non-hydrogen) atoms. The Hall–Kier alpha value is -2.13. The number of furan rings is 1. The first-order valence-corrected chi connectivity index (χ1v) is 9.39. The molecule has 10 heteroatoms. The van der Waals surface area contributed by atoms with Gasteiger partial charge in [0.05, 0.1) is 14.9 Å². The fourth-order valence-corrected chi connectivity index (χ4v) is 4.16. The number of thiocarbonyl (C=S) groups is 1. The second-order valence-corrected chi connectivity index (χ2v) is 7.81. The Kier molecular flexibility index (Phi) is 5.71. The molecule has 1 aromatic heterocycles. The molecular formula is C17H10Cl2N2O4S2. The first-order chi connectivity index (χ1) is 12.8. The first kappa shape index (κ1) is 19.6. The third-order valence-electron chi connectivity index (χ3n) is 3.58. The molecule has 0 saturated carbocycles. The van der Waals surface area contributed by atoms with E-state index in [1.165, 1.54) is 17.0 Å². The molecule has 0 aliphatic carbocycles. The normalized spacial score (nSPS) is 15.6. The highest BCUT2D eigenvalue weighted by atomic mass is 35.5. The van der Waals surface area contributed by atoms with Crippen LogP contribution >= 0.6 is 47.2 Å². The number of carbonyl (C=O) groups excluding carboxylic acids is 1. The number of nitrogens with zero attached hydrogens (tertiary/aromatic N) is 2. The Labute approximate surface area is 173 Å². The molecule has 1 saturated heterocycles. The average molecular weight is 441 g/mol. The van der Waals surface area contributed by atoms with Crippen LogP contribution in [0.25, 0.3) is 17.4 Å². The molecule has 1 amide bonds. The Balaban J connectivity index is 1.93. The number of hydrogen-bond acceptors (Lipinski definition) is 6. The van der Waals surface area contributed by atoms with Crippen molar-refractivity contribution in [2.75, 3.05) is 6.54 Å². The summed E-state index contributed by atoms with van der Waals surface area (Å²) < 4.78 is 6.13. The van der Waals surface area contributed by atoms with E-state index < -0.39 is 4.92 Å². The van der Waals surface area contributed by atoms with Gasteiger partial charge in [0.15, 0.2) is 0 Å². The summed E-state index contributed by atoms with van der Waals surface area (Å²) in [4.78, 5) is 24.7. The number of halogens is 2. The number of carbonyl (C=O) groups is 1. The van der Waals surface area contributed by atoms with Crippen LogP contribution in [0.15, 0.2) is 46.2 Å². The zero-order chi connectivity index (χ0) is 19.7. The number of benzene rings is 1. The maximum absolute atomic E-state index is 12.3. The Morgan fingerprint density at radius 1 is 1.33 bits per heavy atom. The van der Waals surface area contributed by atoms with E-state index in [1.54, 1.807) is 24.3 Å². The lowest BCUT2D eigenvalue weighted by Gasteiger charge is -2.10. The van der Waals surface area contributed by atoms with Gasteiger partial charge in [-0.2, -0.15) is 0 Å². The van der Waals surface area contributed by atoms with E-state index in [0.29, 0.717) is 32.9 Å². The third-order valence-corrected chi connectivity index (χ3v) is 5.58. The van der Waals surface area contributed by atoms with Crippen LogP contribution in [0.4, 0.5) is 5.69 Å². The van der Waals surface area contributed by atoms with Crippen LogP contribution in [0.2, 0.25) is 10.0 Å². The number of nitro benzene ring substituents is 1. The summed E-state index contributed by atoms with van der Waals surface area (Å²) in [6.07, 6.45) is 3.15. The fraction of sp³-hybridized carbons (Fsp3) is 0.0588. The van der Waals surface area contributed by atoms with Crippen LogP contribution in [-0.2, 0) is 4.79 Å². The van der Waals surface area contributed by atoms with E-state index in [-0.39, 0.29) is 21.6 Å². The van der Waals surface area contributed by atoms with Crippen molar-refractivity contribution in [2.24, 2.45) is 0 Å². The fourth-order valence-electron chi connectivity index (χ4n) is 2.36. The highest BCUT2D eigenvalue weighted by Crippen LogP contribution is 2.38. The van der Waals surface area contributed by atoms with Gasteiger partial charge in [0.25, 0.3) is 11.6 Å². The molecule has 6 nitrogen and oxygen atoms in total. The quantitative estimate of drug-likeness (QED) is 0.199. The zero-order valence-electron chi connectivity index (χ0n) is 13.5. The van der Waals surface area contributed by atoms with Crippen molar-refractivity contribution >= 4 is 69.2 Å². The van der Waals surface area contributed by atoms with E-state index in [9.17, 15) is 14.9 Å². The van der Waals surface area contributed by atoms with E-state index in [2.05, 4.69) is 6.58 Å². The molecule has 0 bridgehead atoms. The van der Waals surface area contributed by atoms with Crippen LogP contribution in [0.1, 0.15) is 5.76 Å². The molecule has 1 fully saturated rings. The monoisotopic (exact) mass is 440 g/mol. The van der Waals surface area contributed by atoms with Gasteiger partial charge in [-0.1, -0.05) is 53.3 Å². The molecule has 138 valence electrons. The summed E-state index contributed by atoms with van der Waals surface area (Å²) >= 11 is 18.3. The van der Waals surface area contributed by atoms with Gasteiger partial charge in [-0.05, 0) is 18.2 Å². The molecule has 2 aromatic rings.